The van der Waals surface area contributed by atoms with Crippen LogP contribution in [-0.2, 0) is 0 Å². The van der Waals surface area contributed by atoms with Crippen LogP contribution in [0.3, 0.4) is 0 Å². The van der Waals surface area contributed by atoms with E-state index in [0.29, 0.717) is 11.1 Å². The maximum Gasteiger partial charge on any atom is 0.188 e. The summed E-state index contributed by atoms with van der Waals surface area (Å²) in [5, 5.41) is 10.0. The zero-order valence-corrected chi connectivity index (χ0v) is 32.1. The van der Waals surface area contributed by atoms with Crippen molar-refractivity contribution in [1.29, 1.82) is 0 Å². The Hall–Kier alpha value is -7.35. The molecule has 0 fully saturated rings. The van der Waals surface area contributed by atoms with E-state index in [2.05, 4.69) is 124 Å². The maximum absolute atomic E-state index is 17.2. The van der Waals surface area contributed by atoms with Gasteiger partial charge in [-0.05, 0) is 85.8 Å². The van der Waals surface area contributed by atoms with Crippen LogP contribution in [0.5, 0.6) is 11.5 Å². The molecule has 1 atom stereocenters. The number of benzene rings is 7. The van der Waals surface area contributed by atoms with Crippen molar-refractivity contribution in [3.63, 3.8) is 0 Å². The summed E-state index contributed by atoms with van der Waals surface area (Å²) >= 11 is 0. The summed E-state index contributed by atoms with van der Waals surface area (Å²) < 4.78 is 28.3. The minimum atomic E-state index is -2.92. The fourth-order valence-corrected chi connectivity index (χ4v) is 14.5. The normalized spacial score (nSPS) is 13.8. The predicted octanol–water partition coefficient (Wildman–Crippen LogP) is 9.67. The van der Waals surface area contributed by atoms with Crippen LogP contribution in [0, 0.1) is 0 Å². The molecular formula is C51H33FN4OSi. The van der Waals surface area contributed by atoms with E-state index in [1.54, 1.807) is 6.20 Å². The summed E-state index contributed by atoms with van der Waals surface area (Å²) in [5.41, 5.74) is 4.90. The molecule has 0 radical (unpaired) electrons. The Balaban J connectivity index is 1.10. The molecule has 1 aliphatic rings. The van der Waals surface area contributed by atoms with E-state index in [9.17, 15) is 0 Å². The second kappa shape index (κ2) is 12.6. The Kier molecular flexibility index (Phi) is 7.12. The van der Waals surface area contributed by atoms with Crippen LogP contribution in [0.25, 0.3) is 54.9 Å². The number of alkyl halides is 1. The summed E-state index contributed by atoms with van der Waals surface area (Å²) in [6.45, 7) is 0. The van der Waals surface area contributed by atoms with Gasteiger partial charge in [0, 0.05) is 40.1 Å². The van der Waals surface area contributed by atoms with E-state index < -0.39 is 14.2 Å². The van der Waals surface area contributed by atoms with Gasteiger partial charge in [0.05, 0.1) is 16.6 Å². The van der Waals surface area contributed by atoms with Crippen LogP contribution in [0.15, 0.2) is 195 Å². The molecule has 274 valence electrons. The Morgan fingerprint density at radius 2 is 1.16 bits per heavy atom. The van der Waals surface area contributed by atoms with E-state index in [1.165, 1.54) is 15.6 Å². The first-order chi connectivity index (χ1) is 28.7. The van der Waals surface area contributed by atoms with E-state index in [4.69, 9.17) is 14.7 Å². The van der Waals surface area contributed by atoms with Gasteiger partial charge in [-0.1, -0.05) is 127 Å². The summed E-state index contributed by atoms with van der Waals surface area (Å²) in [7, 11) is -2.92. The van der Waals surface area contributed by atoms with Crippen LogP contribution < -0.4 is 25.5 Å². The molecule has 0 spiro atoms. The molecule has 0 bridgehead atoms. The summed E-state index contributed by atoms with van der Waals surface area (Å²) in [6, 6.07) is 60.9. The molecule has 11 aromatic rings. The first-order valence-electron chi connectivity index (χ1n) is 19.5. The molecule has 4 aromatic heterocycles. The van der Waals surface area contributed by atoms with Crippen LogP contribution in [0.1, 0.15) is 17.3 Å². The highest BCUT2D eigenvalue weighted by Crippen LogP contribution is 2.40. The van der Waals surface area contributed by atoms with E-state index in [-0.39, 0.29) is 0 Å². The molecular weight excluding hydrogens is 732 g/mol. The highest BCUT2D eigenvalue weighted by atomic mass is 28.3. The smallest absolute Gasteiger partial charge is 0.188 e. The van der Waals surface area contributed by atoms with Gasteiger partial charge in [-0.3, -0.25) is 8.97 Å². The highest BCUT2D eigenvalue weighted by Gasteiger charge is 2.48. The summed E-state index contributed by atoms with van der Waals surface area (Å²) in [4.78, 5) is 9.58. The standard InChI is InChI=1S/C51H33FN4OSi/c52-50(33-22-24-37-38-17-7-8-18-42(38)55-28-27-54-51(55)41(37)29-33)34-23-25-39-40-31-46-48(32-44(40)56(43(39)30-34)49-21-11-12-26-53-49)58(35-13-3-1-4-14-35,36-15-5-2-6-16-36)47-20-10-9-19-45(47)57-46/h1-32,50H. The zero-order chi connectivity index (χ0) is 38.4. The molecule has 0 N–H and O–H groups in total. The Bertz CT molecular complexity index is 3360. The second-order valence-electron chi connectivity index (χ2n) is 15.1. The molecule has 58 heavy (non-hydrogen) atoms. The van der Waals surface area contributed by atoms with Gasteiger partial charge in [-0.25, -0.2) is 14.4 Å². The molecule has 7 aromatic carbocycles. The lowest BCUT2D eigenvalue weighted by atomic mass is 9.97. The zero-order valence-electron chi connectivity index (χ0n) is 31.1. The number of rotatable bonds is 5. The van der Waals surface area contributed by atoms with E-state index in [1.807, 2.05) is 73.1 Å². The molecule has 0 amide bonds. The number of aromatic nitrogens is 4. The molecule has 5 heterocycles. The number of para-hydroxylation sites is 2. The Morgan fingerprint density at radius 1 is 0.483 bits per heavy atom. The SMILES string of the molecule is FC(c1ccc2c3ccccc3n3ccnc3c2c1)c1ccc2c3cc4c(cc3n(-c3ccccn3)c2c1)[Si](c1ccccc1)(c1ccccc1)c1ccccc1O4. The Labute approximate surface area is 333 Å². The van der Waals surface area contributed by atoms with E-state index >= 15 is 4.39 Å². The fraction of sp³-hybridized carbons (Fsp3) is 0.0196. The largest absolute Gasteiger partial charge is 0.458 e. The molecule has 7 heteroatoms. The lowest BCUT2D eigenvalue weighted by Crippen LogP contribution is -2.76. The fourth-order valence-electron chi connectivity index (χ4n) is 9.56. The monoisotopic (exact) mass is 764 g/mol. The predicted molar refractivity (Wildman–Crippen MR) is 235 cm³/mol. The van der Waals surface area contributed by atoms with Gasteiger partial charge in [0.15, 0.2) is 14.2 Å². The molecule has 1 unspecified atom stereocenters. The average molecular weight is 765 g/mol. The van der Waals surface area contributed by atoms with Crippen molar-refractivity contribution in [3.8, 4) is 17.3 Å². The molecule has 0 aliphatic carbocycles. The molecule has 0 saturated heterocycles. The van der Waals surface area contributed by atoms with Crippen LogP contribution in [-0.4, -0.2) is 27.0 Å². The molecule has 12 rings (SSSR count). The van der Waals surface area contributed by atoms with Crippen molar-refractivity contribution in [1.82, 2.24) is 18.9 Å². The van der Waals surface area contributed by atoms with Crippen molar-refractivity contribution in [2.75, 3.05) is 0 Å². The number of halogens is 1. The maximum atomic E-state index is 17.2. The minimum absolute atomic E-state index is 0.567. The summed E-state index contributed by atoms with van der Waals surface area (Å²) in [5.74, 6) is 2.48. The number of fused-ring (bicyclic) bond motifs is 11. The van der Waals surface area contributed by atoms with Gasteiger partial charge < -0.3 is 4.74 Å². The van der Waals surface area contributed by atoms with Crippen molar-refractivity contribution >= 4 is 77.9 Å². The van der Waals surface area contributed by atoms with Gasteiger partial charge in [-0.2, -0.15) is 0 Å². The molecule has 5 nitrogen and oxygen atoms in total. The second-order valence-corrected chi connectivity index (χ2v) is 18.8. The molecule has 0 saturated carbocycles. The van der Waals surface area contributed by atoms with Gasteiger partial charge in [-0.15, -0.1) is 0 Å². The summed E-state index contributed by atoms with van der Waals surface area (Å²) in [6.07, 6.45) is 4.20. The van der Waals surface area contributed by atoms with Crippen molar-refractivity contribution in [3.05, 3.63) is 206 Å². The molecule has 1 aliphatic heterocycles. The Morgan fingerprint density at radius 3 is 1.95 bits per heavy atom. The van der Waals surface area contributed by atoms with Gasteiger partial charge in [0.25, 0.3) is 0 Å². The third kappa shape index (κ3) is 4.62. The highest BCUT2D eigenvalue weighted by molar-refractivity contribution is 7.20. The van der Waals surface area contributed by atoms with Gasteiger partial charge in [0.2, 0.25) is 0 Å². The van der Waals surface area contributed by atoms with Gasteiger partial charge >= 0.3 is 0 Å². The van der Waals surface area contributed by atoms with Crippen molar-refractivity contribution < 1.29 is 9.13 Å². The quantitative estimate of drug-likeness (QED) is 0.130. The lowest BCUT2D eigenvalue weighted by Gasteiger charge is -2.39. The van der Waals surface area contributed by atoms with Crippen LogP contribution in [0.2, 0.25) is 0 Å². The van der Waals surface area contributed by atoms with Crippen molar-refractivity contribution in [2.24, 2.45) is 0 Å². The third-order valence-corrected chi connectivity index (χ3v) is 16.9. The number of pyridine rings is 2. The van der Waals surface area contributed by atoms with Gasteiger partial charge in [0.1, 0.15) is 23.0 Å². The van der Waals surface area contributed by atoms with E-state index in [0.717, 1.165) is 71.6 Å². The number of hydrogen-bond acceptors (Lipinski definition) is 3. The third-order valence-electron chi connectivity index (χ3n) is 12.1. The number of nitrogens with zero attached hydrogens (tertiary/aromatic N) is 4. The lowest BCUT2D eigenvalue weighted by molar-refractivity contribution is 0.402. The van der Waals surface area contributed by atoms with Crippen LogP contribution in [0.4, 0.5) is 4.39 Å². The van der Waals surface area contributed by atoms with Crippen LogP contribution >= 0.6 is 0 Å². The van der Waals surface area contributed by atoms with Crippen molar-refractivity contribution in [2.45, 2.75) is 6.17 Å². The number of hydrogen-bond donors (Lipinski definition) is 0. The minimum Gasteiger partial charge on any atom is -0.458 e. The number of imidazole rings is 1. The first-order valence-corrected chi connectivity index (χ1v) is 21.5. The number of ether oxygens (including phenoxy) is 1. The topological polar surface area (TPSA) is 44.4 Å². The average Bonchev–Trinajstić information content (AvgIpc) is 3.91. The first kappa shape index (κ1) is 32.8.